The van der Waals surface area contributed by atoms with Crippen LogP contribution in [-0.4, -0.2) is 34.8 Å². The number of nitrogens with two attached hydrogens (primary N) is 1. The molecule has 0 radical (unpaired) electrons. The van der Waals surface area contributed by atoms with Crippen molar-refractivity contribution in [2.45, 2.75) is 36.9 Å². The summed E-state index contributed by atoms with van der Waals surface area (Å²) < 4.78 is 5.75. The van der Waals surface area contributed by atoms with Gasteiger partial charge >= 0.3 is 0 Å². The van der Waals surface area contributed by atoms with E-state index >= 15 is 0 Å². The van der Waals surface area contributed by atoms with Crippen molar-refractivity contribution in [3.05, 3.63) is 81.8 Å². The Morgan fingerprint density at radius 1 is 1.27 bits per heavy atom. The number of nitrogens with zero attached hydrogens (tertiary/aromatic N) is 4. The quantitative estimate of drug-likeness (QED) is 0.316. The lowest BCUT2D eigenvalue weighted by Gasteiger charge is -2.42. The first-order chi connectivity index (χ1) is 19.6. The number of carbonyl (C=O) groups excluding carboxylic acids is 2. The maximum Gasteiger partial charge on any atom is 0.234 e. The number of thioether (sulfide) groups is 1. The molecular weight excluding hydrogens is 580 g/mol. The second-order valence-electron chi connectivity index (χ2n) is 10.5. The Morgan fingerprint density at radius 2 is 2.02 bits per heavy atom. The molecule has 0 bridgehead atoms. The molecule has 3 N–H and O–H groups in total. The van der Waals surface area contributed by atoms with E-state index in [1.807, 2.05) is 26.0 Å². The maximum absolute atomic E-state index is 13.6. The second-order valence-corrected chi connectivity index (χ2v) is 13.1. The van der Waals surface area contributed by atoms with Crippen LogP contribution in [0.25, 0.3) is 0 Å². The van der Waals surface area contributed by atoms with Gasteiger partial charge in [0.25, 0.3) is 0 Å². The number of Topliss-reactive ketones (excluding diaryl/α,β-unsaturated/α-hetero) is 1. The predicted octanol–water partition coefficient (Wildman–Crippen LogP) is 5.87. The third-order valence-corrected chi connectivity index (χ3v) is 9.15. The lowest BCUT2D eigenvalue weighted by atomic mass is 9.69. The van der Waals surface area contributed by atoms with E-state index in [2.05, 4.69) is 21.6 Å². The molecule has 2 heterocycles. The Hall–Kier alpha value is -3.85. The van der Waals surface area contributed by atoms with Crippen LogP contribution in [0.15, 0.2) is 75.5 Å². The highest BCUT2D eigenvalue weighted by Crippen LogP contribution is 2.50. The summed E-state index contributed by atoms with van der Waals surface area (Å²) in [5.41, 5.74) is 9.27. The summed E-state index contributed by atoms with van der Waals surface area (Å²) in [7, 11) is 1.56. The summed E-state index contributed by atoms with van der Waals surface area (Å²) >= 11 is 8.60. The molecule has 1 aliphatic heterocycles. The minimum Gasteiger partial charge on any atom is -0.497 e. The fraction of sp³-hybridized carbons (Fsp3) is 0.276. The first-order valence-corrected chi connectivity index (χ1v) is 14.9. The standard InChI is InChI=1S/C29H27ClN6O3S2/c1-29(2)12-21-25(22(37)13-29)24(16-7-9-17(30)10-8-16)20(14-31)26(32)36(21)27-34-35-28(41-27)40-15-23(38)33-18-5-4-6-19(11-18)39-3/h4-11,24H,12-13,15,32H2,1-3H3,(H,33,38). The number of ketones is 1. The number of rotatable bonds is 7. The van der Waals surface area contributed by atoms with Gasteiger partial charge in [-0.05, 0) is 41.7 Å². The van der Waals surface area contributed by atoms with Crippen molar-refractivity contribution >= 4 is 57.2 Å². The van der Waals surface area contributed by atoms with Crippen molar-refractivity contribution in [2.24, 2.45) is 11.1 Å². The van der Waals surface area contributed by atoms with Gasteiger partial charge in [-0.2, -0.15) is 5.26 Å². The minimum absolute atomic E-state index is 0.0326. The molecule has 1 aliphatic carbocycles. The maximum atomic E-state index is 13.6. The normalized spacial score (nSPS) is 18.2. The zero-order chi connectivity index (χ0) is 29.3. The van der Waals surface area contributed by atoms with Crippen LogP contribution in [-0.2, 0) is 9.59 Å². The molecule has 2 aliphatic rings. The minimum atomic E-state index is -0.603. The van der Waals surface area contributed by atoms with E-state index in [9.17, 15) is 14.9 Å². The number of carbonyl (C=O) groups is 2. The van der Waals surface area contributed by atoms with Gasteiger partial charge in [0.1, 0.15) is 11.6 Å². The lowest BCUT2D eigenvalue weighted by molar-refractivity contribution is -0.118. The third-order valence-electron chi connectivity index (χ3n) is 6.85. The van der Waals surface area contributed by atoms with E-state index < -0.39 is 5.92 Å². The average Bonchev–Trinajstić information content (AvgIpc) is 3.39. The van der Waals surface area contributed by atoms with Crippen molar-refractivity contribution in [3.63, 3.8) is 0 Å². The monoisotopic (exact) mass is 606 g/mol. The first-order valence-electron chi connectivity index (χ1n) is 12.7. The number of halogens is 1. The number of nitrogens with one attached hydrogen (secondary N) is 1. The van der Waals surface area contributed by atoms with Gasteiger partial charge in [-0.25, -0.2) is 0 Å². The van der Waals surface area contributed by atoms with Gasteiger partial charge in [0.05, 0.1) is 30.4 Å². The Kier molecular flexibility index (Phi) is 8.09. The molecule has 0 fully saturated rings. The van der Waals surface area contributed by atoms with Crippen LogP contribution in [0.2, 0.25) is 5.02 Å². The van der Waals surface area contributed by atoms with Crippen molar-refractivity contribution in [1.82, 2.24) is 10.2 Å². The van der Waals surface area contributed by atoms with Gasteiger partial charge in [-0.1, -0.05) is 66.7 Å². The molecule has 41 heavy (non-hydrogen) atoms. The van der Waals surface area contributed by atoms with E-state index in [4.69, 9.17) is 22.1 Å². The summed E-state index contributed by atoms with van der Waals surface area (Å²) in [4.78, 5) is 27.9. The molecule has 0 saturated heterocycles. The summed E-state index contributed by atoms with van der Waals surface area (Å²) in [5.74, 6) is 0.117. The van der Waals surface area contributed by atoms with Crippen molar-refractivity contribution in [2.75, 3.05) is 23.1 Å². The van der Waals surface area contributed by atoms with Gasteiger partial charge < -0.3 is 15.8 Å². The molecule has 2 aromatic carbocycles. The van der Waals surface area contributed by atoms with E-state index in [-0.39, 0.29) is 34.3 Å². The number of anilines is 2. The molecule has 1 atom stereocenters. The summed E-state index contributed by atoms with van der Waals surface area (Å²) in [5, 5.41) is 22.7. The van der Waals surface area contributed by atoms with Crippen molar-refractivity contribution < 1.29 is 14.3 Å². The fourth-order valence-electron chi connectivity index (χ4n) is 5.09. The SMILES string of the molecule is COc1cccc(NC(=O)CSc2nnc(N3C(N)=C(C#N)C(c4ccc(Cl)cc4)C4=C3CC(C)(C)CC4=O)s2)c1. The van der Waals surface area contributed by atoms with Crippen LogP contribution in [0, 0.1) is 16.7 Å². The molecule has 1 aromatic heterocycles. The topological polar surface area (TPSA) is 134 Å². The molecule has 5 rings (SSSR count). The largest absolute Gasteiger partial charge is 0.497 e. The van der Waals surface area contributed by atoms with Crippen LogP contribution < -0.4 is 20.7 Å². The molecular formula is C29H27ClN6O3S2. The number of hydrogen-bond donors (Lipinski definition) is 2. The van der Waals surface area contributed by atoms with E-state index in [0.29, 0.717) is 50.0 Å². The van der Waals surface area contributed by atoms with Crippen LogP contribution in [0.3, 0.4) is 0 Å². The number of allylic oxidation sites excluding steroid dienone is 3. The molecule has 9 nitrogen and oxygen atoms in total. The second kappa shape index (κ2) is 11.6. The van der Waals surface area contributed by atoms with Crippen LogP contribution in [0.4, 0.5) is 10.8 Å². The third kappa shape index (κ3) is 5.95. The number of amides is 1. The van der Waals surface area contributed by atoms with E-state index in [1.54, 1.807) is 48.4 Å². The Bertz CT molecular complexity index is 1620. The Morgan fingerprint density at radius 3 is 2.73 bits per heavy atom. The number of benzene rings is 2. The van der Waals surface area contributed by atoms with Gasteiger partial charge in [-0.3, -0.25) is 14.5 Å². The molecule has 210 valence electrons. The summed E-state index contributed by atoms with van der Waals surface area (Å²) in [6, 6.07) is 16.5. The summed E-state index contributed by atoms with van der Waals surface area (Å²) in [6.45, 7) is 4.07. The Balaban J connectivity index is 1.44. The van der Waals surface area contributed by atoms with Gasteiger partial charge in [0.2, 0.25) is 11.0 Å². The smallest absolute Gasteiger partial charge is 0.234 e. The molecule has 12 heteroatoms. The Labute approximate surface area is 251 Å². The van der Waals surface area contributed by atoms with E-state index in [0.717, 1.165) is 5.56 Å². The van der Waals surface area contributed by atoms with Crippen LogP contribution in [0.1, 0.15) is 38.2 Å². The van der Waals surface area contributed by atoms with Crippen molar-refractivity contribution in [1.29, 1.82) is 5.26 Å². The molecule has 0 spiro atoms. The number of aromatic nitrogens is 2. The predicted molar refractivity (Wildman–Crippen MR) is 161 cm³/mol. The van der Waals surface area contributed by atoms with Gasteiger partial charge in [0.15, 0.2) is 10.1 Å². The molecule has 1 unspecified atom stereocenters. The van der Waals surface area contributed by atoms with Gasteiger partial charge in [-0.15, -0.1) is 10.2 Å². The fourth-order valence-corrected chi connectivity index (χ4v) is 6.90. The average molecular weight is 607 g/mol. The summed E-state index contributed by atoms with van der Waals surface area (Å²) in [6.07, 6.45) is 0.907. The number of hydrogen-bond acceptors (Lipinski definition) is 10. The highest BCUT2D eigenvalue weighted by molar-refractivity contribution is 8.01. The molecule has 1 amide bonds. The number of nitriles is 1. The zero-order valence-corrected chi connectivity index (χ0v) is 25.0. The van der Waals surface area contributed by atoms with Crippen LogP contribution >= 0.6 is 34.7 Å². The zero-order valence-electron chi connectivity index (χ0n) is 22.6. The highest BCUT2D eigenvalue weighted by Gasteiger charge is 2.45. The highest BCUT2D eigenvalue weighted by atomic mass is 35.5. The molecule has 3 aromatic rings. The number of methoxy groups -OCH3 is 1. The lowest BCUT2D eigenvalue weighted by Crippen LogP contribution is -2.42. The first kappa shape index (κ1) is 28.7. The molecule has 0 saturated carbocycles. The number of ether oxygens (including phenoxy) is 1. The van der Waals surface area contributed by atoms with Crippen LogP contribution in [0.5, 0.6) is 5.75 Å². The van der Waals surface area contributed by atoms with Crippen molar-refractivity contribution in [3.8, 4) is 11.8 Å². The van der Waals surface area contributed by atoms with Gasteiger partial charge in [0, 0.05) is 34.5 Å². The van der Waals surface area contributed by atoms with E-state index in [1.165, 1.54) is 23.1 Å².